The smallest absolute Gasteiger partial charge is 0.0406 e. The summed E-state index contributed by atoms with van der Waals surface area (Å²) in [5, 5.41) is 8.33. The standard InChI is InChI=1S/C23H29ClN2/c24-20-11-9-19(10-12-20)23(13-5-14-23)16-22(18-6-4-15-25-17-18)26-21-7-2-1-3-8-21/h1-3,7-12,18,22,25-26H,4-6,13-17H2. The summed E-state index contributed by atoms with van der Waals surface area (Å²) in [5.41, 5.74) is 3.03. The Morgan fingerprint density at radius 3 is 2.42 bits per heavy atom. The first-order chi connectivity index (χ1) is 12.8. The quantitative estimate of drug-likeness (QED) is 0.690. The molecular formula is C23H29ClN2. The number of nitrogens with one attached hydrogen (secondary N) is 2. The normalized spacial score (nSPS) is 23.0. The molecule has 2 unspecified atom stereocenters. The van der Waals surface area contributed by atoms with E-state index in [0.29, 0.717) is 17.4 Å². The highest BCUT2D eigenvalue weighted by Crippen LogP contribution is 2.48. The third-order valence-corrected chi connectivity index (χ3v) is 6.66. The largest absolute Gasteiger partial charge is 0.382 e. The van der Waals surface area contributed by atoms with E-state index in [0.717, 1.165) is 18.1 Å². The van der Waals surface area contributed by atoms with E-state index in [2.05, 4.69) is 65.2 Å². The summed E-state index contributed by atoms with van der Waals surface area (Å²) in [6.07, 6.45) is 7.72. The van der Waals surface area contributed by atoms with Crippen molar-refractivity contribution in [3.8, 4) is 0 Å². The Bertz CT molecular complexity index is 688. The van der Waals surface area contributed by atoms with Crippen LogP contribution in [0.4, 0.5) is 5.69 Å². The third-order valence-electron chi connectivity index (χ3n) is 6.41. The molecule has 0 amide bonds. The Morgan fingerprint density at radius 2 is 1.81 bits per heavy atom. The molecule has 1 aliphatic carbocycles. The maximum atomic E-state index is 6.14. The van der Waals surface area contributed by atoms with Gasteiger partial charge in [0, 0.05) is 16.8 Å². The molecule has 1 heterocycles. The molecule has 0 spiro atoms. The van der Waals surface area contributed by atoms with Gasteiger partial charge in [0.25, 0.3) is 0 Å². The summed E-state index contributed by atoms with van der Waals surface area (Å²) < 4.78 is 0. The fourth-order valence-electron chi connectivity index (χ4n) is 4.74. The molecule has 0 aromatic heterocycles. The molecule has 1 saturated carbocycles. The summed E-state index contributed by atoms with van der Waals surface area (Å²) >= 11 is 6.14. The Hall–Kier alpha value is -1.51. The van der Waals surface area contributed by atoms with Crippen LogP contribution < -0.4 is 10.6 Å². The highest BCUT2D eigenvalue weighted by Gasteiger charge is 2.42. The molecule has 2 aromatic carbocycles. The maximum absolute atomic E-state index is 6.14. The topological polar surface area (TPSA) is 24.1 Å². The van der Waals surface area contributed by atoms with Crippen LogP contribution in [0.25, 0.3) is 0 Å². The predicted octanol–water partition coefficient (Wildman–Crippen LogP) is 5.63. The van der Waals surface area contributed by atoms with E-state index in [1.165, 1.54) is 49.8 Å². The van der Waals surface area contributed by atoms with E-state index in [1.807, 2.05) is 0 Å². The second-order valence-corrected chi connectivity index (χ2v) is 8.50. The fourth-order valence-corrected chi connectivity index (χ4v) is 4.87. The average molecular weight is 369 g/mol. The van der Waals surface area contributed by atoms with Gasteiger partial charge in [0.1, 0.15) is 0 Å². The molecule has 2 aromatic rings. The Morgan fingerprint density at radius 1 is 1.04 bits per heavy atom. The Balaban J connectivity index is 1.57. The maximum Gasteiger partial charge on any atom is 0.0406 e. The lowest BCUT2D eigenvalue weighted by atomic mass is 9.60. The van der Waals surface area contributed by atoms with Crippen molar-refractivity contribution in [1.29, 1.82) is 0 Å². The van der Waals surface area contributed by atoms with Gasteiger partial charge in [-0.1, -0.05) is 48.4 Å². The summed E-state index contributed by atoms with van der Waals surface area (Å²) in [7, 11) is 0. The number of halogens is 1. The average Bonchev–Trinajstić information content (AvgIpc) is 2.66. The fraction of sp³-hybridized carbons (Fsp3) is 0.478. The SMILES string of the molecule is Clc1ccc(C2(CC(Nc3ccccc3)C3CCCNC3)CCC2)cc1. The second-order valence-electron chi connectivity index (χ2n) is 8.07. The van der Waals surface area contributed by atoms with E-state index in [-0.39, 0.29) is 0 Å². The molecule has 1 aliphatic heterocycles. The molecule has 3 heteroatoms. The molecule has 2 atom stereocenters. The van der Waals surface area contributed by atoms with Crippen LogP contribution in [0, 0.1) is 5.92 Å². The number of hydrogen-bond acceptors (Lipinski definition) is 2. The molecule has 4 rings (SSSR count). The predicted molar refractivity (Wildman–Crippen MR) is 111 cm³/mol. The van der Waals surface area contributed by atoms with Gasteiger partial charge < -0.3 is 10.6 Å². The van der Waals surface area contributed by atoms with Crippen LogP contribution in [0.3, 0.4) is 0 Å². The monoisotopic (exact) mass is 368 g/mol. The molecule has 0 bridgehead atoms. The van der Waals surface area contributed by atoms with Crippen molar-refractivity contribution in [2.24, 2.45) is 5.92 Å². The Kier molecular flexibility index (Phi) is 5.52. The molecule has 2 N–H and O–H groups in total. The van der Waals surface area contributed by atoms with Crippen molar-refractivity contribution >= 4 is 17.3 Å². The molecule has 2 fully saturated rings. The lowest BCUT2D eigenvalue weighted by Crippen LogP contribution is -2.46. The number of piperidine rings is 1. The number of benzene rings is 2. The van der Waals surface area contributed by atoms with Crippen LogP contribution >= 0.6 is 11.6 Å². The van der Waals surface area contributed by atoms with E-state index in [9.17, 15) is 0 Å². The lowest BCUT2D eigenvalue weighted by molar-refractivity contribution is 0.187. The first-order valence-electron chi connectivity index (χ1n) is 10.0. The summed E-state index contributed by atoms with van der Waals surface area (Å²) in [6.45, 7) is 2.29. The second kappa shape index (κ2) is 8.02. The van der Waals surface area contributed by atoms with Crippen LogP contribution in [0.1, 0.15) is 44.1 Å². The van der Waals surface area contributed by atoms with Gasteiger partial charge in [-0.15, -0.1) is 0 Å². The van der Waals surface area contributed by atoms with Crippen molar-refractivity contribution < 1.29 is 0 Å². The minimum absolute atomic E-state index is 0.314. The van der Waals surface area contributed by atoms with Crippen LogP contribution in [-0.4, -0.2) is 19.1 Å². The molecule has 2 nitrogen and oxygen atoms in total. The number of anilines is 1. The van der Waals surface area contributed by atoms with Gasteiger partial charge in [-0.05, 0) is 86.4 Å². The van der Waals surface area contributed by atoms with E-state index >= 15 is 0 Å². The van der Waals surface area contributed by atoms with Gasteiger partial charge in [0.2, 0.25) is 0 Å². The summed E-state index contributed by atoms with van der Waals surface area (Å²) in [5.74, 6) is 0.689. The first kappa shape index (κ1) is 17.9. The summed E-state index contributed by atoms with van der Waals surface area (Å²) in [6, 6.07) is 19.8. The van der Waals surface area contributed by atoms with Gasteiger partial charge in [0.05, 0.1) is 0 Å². The van der Waals surface area contributed by atoms with Crippen molar-refractivity contribution in [2.45, 2.75) is 50.0 Å². The zero-order chi connectivity index (χ0) is 17.8. The number of para-hydroxylation sites is 1. The van der Waals surface area contributed by atoms with Crippen LogP contribution in [0.2, 0.25) is 5.02 Å². The van der Waals surface area contributed by atoms with Gasteiger partial charge in [-0.2, -0.15) is 0 Å². The molecular weight excluding hydrogens is 340 g/mol. The summed E-state index contributed by atoms with van der Waals surface area (Å²) in [4.78, 5) is 0. The van der Waals surface area contributed by atoms with Crippen molar-refractivity contribution in [3.05, 3.63) is 65.2 Å². The minimum atomic E-state index is 0.314. The highest BCUT2D eigenvalue weighted by atomic mass is 35.5. The third kappa shape index (κ3) is 3.92. The Labute approximate surface area is 162 Å². The van der Waals surface area contributed by atoms with Crippen LogP contribution in [0.15, 0.2) is 54.6 Å². The number of rotatable bonds is 6. The van der Waals surface area contributed by atoms with Gasteiger partial charge >= 0.3 is 0 Å². The zero-order valence-corrected chi connectivity index (χ0v) is 16.1. The molecule has 1 saturated heterocycles. The van der Waals surface area contributed by atoms with Crippen molar-refractivity contribution in [1.82, 2.24) is 5.32 Å². The van der Waals surface area contributed by atoms with Crippen molar-refractivity contribution in [3.63, 3.8) is 0 Å². The molecule has 26 heavy (non-hydrogen) atoms. The number of hydrogen-bond donors (Lipinski definition) is 2. The van der Waals surface area contributed by atoms with Crippen LogP contribution in [-0.2, 0) is 5.41 Å². The molecule has 2 aliphatic rings. The highest BCUT2D eigenvalue weighted by molar-refractivity contribution is 6.30. The van der Waals surface area contributed by atoms with E-state index in [4.69, 9.17) is 11.6 Å². The van der Waals surface area contributed by atoms with Crippen molar-refractivity contribution in [2.75, 3.05) is 18.4 Å². The minimum Gasteiger partial charge on any atom is -0.382 e. The zero-order valence-electron chi connectivity index (χ0n) is 15.4. The molecule has 138 valence electrons. The molecule has 0 radical (unpaired) electrons. The van der Waals surface area contributed by atoms with Gasteiger partial charge in [-0.3, -0.25) is 0 Å². The van der Waals surface area contributed by atoms with Crippen LogP contribution in [0.5, 0.6) is 0 Å². The van der Waals surface area contributed by atoms with E-state index in [1.54, 1.807) is 0 Å². The first-order valence-corrected chi connectivity index (χ1v) is 10.4. The van der Waals surface area contributed by atoms with E-state index < -0.39 is 0 Å². The van der Waals surface area contributed by atoms with Gasteiger partial charge in [-0.25, -0.2) is 0 Å². The lowest BCUT2D eigenvalue weighted by Gasteiger charge is -2.47. The van der Waals surface area contributed by atoms with Gasteiger partial charge in [0.15, 0.2) is 0 Å².